The predicted molar refractivity (Wildman–Crippen MR) is 71.7 cm³/mol. The van der Waals surface area contributed by atoms with E-state index in [0.29, 0.717) is 28.8 Å². The van der Waals surface area contributed by atoms with Crippen molar-refractivity contribution in [1.82, 2.24) is 9.97 Å². The first kappa shape index (κ1) is 13.3. The Balaban J connectivity index is 2.29. The van der Waals surface area contributed by atoms with E-state index in [1.165, 1.54) is 12.1 Å². The zero-order valence-corrected chi connectivity index (χ0v) is 11.1. The molecule has 1 aromatic carbocycles. The van der Waals surface area contributed by atoms with Crippen molar-refractivity contribution in [2.24, 2.45) is 0 Å². The molecule has 2 aromatic rings. The molecule has 4 nitrogen and oxygen atoms in total. The number of nitrogens with two attached hydrogens (primary N) is 1. The zero-order chi connectivity index (χ0) is 14.0. The zero-order valence-electron chi connectivity index (χ0n) is 11.1. The van der Waals surface area contributed by atoms with Gasteiger partial charge in [0.1, 0.15) is 23.2 Å². The van der Waals surface area contributed by atoms with Crippen LogP contribution < -0.4 is 10.5 Å². The summed E-state index contributed by atoms with van der Waals surface area (Å²) in [5.74, 6) is 1.46. The minimum absolute atomic E-state index is 0.139. The van der Waals surface area contributed by atoms with Crippen molar-refractivity contribution in [2.75, 3.05) is 5.73 Å². The molecule has 0 fully saturated rings. The number of anilines is 1. The van der Waals surface area contributed by atoms with Crippen LogP contribution in [-0.2, 0) is 0 Å². The lowest BCUT2D eigenvalue weighted by atomic mass is 10.2. The molecule has 2 rings (SSSR count). The largest absolute Gasteiger partial charge is 0.439 e. The number of nitrogens with zero attached hydrogens (tertiary/aromatic N) is 2. The second kappa shape index (κ2) is 5.22. The molecule has 0 aliphatic carbocycles. The number of ether oxygens (including phenoxy) is 1. The number of aryl methyl sites for hydroxylation is 1. The van der Waals surface area contributed by atoms with Gasteiger partial charge in [0.2, 0.25) is 5.88 Å². The van der Waals surface area contributed by atoms with Crippen molar-refractivity contribution in [3.05, 3.63) is 41.5 Å². The van der Waals surface area contributed by atoms with Gasteiger partial charge in [-0.1, -0.05) is 19.9 Å². The second-order valence-corrected chi connectivity index (χ2v) is 4.66. The molecule has 0 saturated heterocycles. The van der Waals surface area contributed by atoms with Gasteiger partial charge >= 0.3 is 0 Å². The SMILES string of the molecule is Cc1ccc(Oc2cc(N)nc(C(C)C)n2)cc1F. The van der Waals surface area contributed by atoms with E-state index >= 15 is 0 Å². The first-order valence-electron chi connectivity index (χ1n) is 6.04. The van der Waals surface area contributed by atoms with Crippen LogP contribution in [0.15, 0.2) is 24.3 Å². The number of nitrogen functional groups attached to an aromatic ring is 1. The van der Waals surface area contributed by atoms with Crippen LogP contribution in [0.4, 0.5) is 10.2 Å². The molecular weight excluding hydrogens is 245 g/mol. The van der Waals surface area contributed by atoms with Crippen molar-refractivity contribution in [1.29, 1.82) is 0 Å². The molecule has 5 heteroatoms. The van der Waals surface area contributed by atoms with Gasteiger partial charge in [-0.05, 0) is 18.6 Å². The molecule has 1 heterocycles. The smallest absolute Gasteiger partial charge is 0.224 e. The monoisotopic (exact) mass is 261 g/mol. The summed E-state index contributed by atoms with van der Waals surface area (Å²) in [5, 5.41) is 0. The van der Waals surface area contributed by atoms with E-state index in [1.807, 2.05) is 13.8 Å². The van der Waals surface area contributed by atoms with Gasteiger partial charge in [0.05, 0.1) is 0 Å². The van der Waals surface area contributed by atoms with Gasteiger partial charge in [-0.2, -0.15) is 4.98 Å². The molecule has 0 unspecified atom stereocenters. The van der Waals surface area contributed by atoms with E-state index in [-0.39, 0.29) is 11.7 Å². The number of hydrogen-bond donors (Lipinski definition) is 1. The highest BCUT2D eigenvalue weighted by atomic mass is 19.1. The Hall–Kier alpha value is -2.17. The summed E-state index contributed by atoms with van der Waals surface area (Å²) < 4.78 is 18.9. The van der Waals surface area contributed by atoms with Crippen molar-refractivity contribution in [3.63, 3.8) is 0 Å². The molecular formula is C14H16FN3O. The third-order valence-electron chi connectivity index (χ3n) is 2.62. The Morgan fingerprint density at radius 1 is 1.21 bits per heavy atom. The lowest BCUT2D eigenvalue weighted by molar-refractivity contribution is 0.452. The van der Waals surface area contributed by atoms with E-state index in [0.717, 1.165) is 0 Å². The van der Waals surface area contributed by atoms with Crippen LogP contribution in [0.2, 0.25) is 0 Å². The topological polar surface area (TPSA) is 61.0 Å². The quantitative estimate of drug-likeness (QED) is 0.919. The van der Waals surface area contributed by atoms with Crippen LogP contribution >= 0.6 is 0 Å². The maximum atomic E-state index is 13.4. The number of rotatable bonds is 3. The summed E-state index contributed by atoms with van der Waals surface area (Å²) in [5.41, 5.74) is 6.27. The molecule has 0 saturated carbocycles. The number of hydrogen-bond acceptors (Lipinski definition) is 4. The molecule has 0 radical (unpaired) electrons. The normalized spacial score (nSPS) is 10.8. The summed E-state index contributed by atoms with van der Waals surface area (Å²) >= 11 is 0. The maximum absolute atomic E-state index is 13.4. The van der Waals surface area contributed by atoms with Gasteiger partial charge < -0.3 is 10.5 Å². The highest BCUT2D eigenvalue weighted by Crippen LogP contribution is 2.24. The van der Waals surface area contributed by atoms with Crippen LogP contribution in [0.5, 0.6) is 11.6 Å². The minimum Gasteiger partial charge on any atom is -0.439 e. The Morgan fingerprint density at radius 2 is 1.95 bits per heavy atom. The standard InChI is InChI=1S/C14H16FN3O/c1-8(2)14-17-12(16)7-13(18-14)19-10-5-4-9(3)11(15)6-10/h4-8H,1-3H3,(H2,16,17,18). The number of benzene rings is 1. The highest BCUT2D eigenvalue weighted by Gasteiger charge is 2.09. The Labute approximate surface area is 111 Å². The first-order chi connectivity index (χ1) is 8.95. The van der Waals surface area contributed by atoms with E-state index in [2.05, 4.69) is 9.97 Å². The number of aromatic nitrogens is 2. The van der Waals surface area contributed by atoms with Gasteiger partial charge in [-0.15, -0.1) is 0 Å². The van der Waals surface area contributed by atoms with Gasteiger partial charge in [-0.25, -0.2) is 9.37 Å². The Morgan fingerprint density at radius 3 is 2.58 bits per heavy atom. The van der Waals surface area contributed by atoms with E-state index < -0.39 is 0 Å². The number of halogens is 1. The summed E-state index contributed by atoms with van der Waals surface area (Å²) in [7, 11) is 0. The minimum atomic E-state index is -0.316. The third kappa shape index (κ3) is 3.19. The van der Waals surface area contributed by atoms with Crippen LogP contribution in [-0.4, -0.2) is 9.97 Å². The Bertz CT molecular complexity index is 599. The van der Waals surface area contributed by atoms with Crippen molar-refractivity contribution in [2.45, 2.75) is 26.7 Å². The fraction of sp³-hybridized carbons (Fsp3) is 0.286. The van der Waals surface area contributed by atoms with Gasteiger partial charge in [0, 0.05) is 18.1 Å². The Kier molecular flexibility index (Phi) is 3.64. The van der Waals surface area contributed by atoms with Crippen LogP contribution in [0.1, 0.15) is 31.2 Å². The molecule has 0 atom stereocenters. The van der Waals surface area contributed by atoms with Gasteiger partial charge in [-0.3, -0.25) is 0 Å². The summed E-state index contributed by atoms with van der Waals surface area (Å²) in [6.45, 7) is 5.62. The first-order valence-corrected chi connectivity index (χ1v) is 6.04. The molecule has 1 aromatic heterocycles. The summed E-state index contributed by atoms with van der Waals surface area (Å²) in [6.07, 6.45) is 0. The molecule has 0 spiro atoms. The molecule has 0 aliphatic rings. The van der Waals surface area contributed by atoms with Crippen molar-refractivity contribution in [3.8, 4) is 11.6 Å². The molecule has 0 amide bonds. The van der Waals surface area contributed by atoms with E-state index in [4.69, 9.17) is 10.5 Å². The predicted octanol–water partition coefficient (Wildman–Crippen LogP) is 3.42. The highest BCUT2D eigenvalue weighted by molar-refractivity contribution is 5.37. The average molecular weight is 261 g/mol. The van der Waals surface area contributed by atoms with Crippen LogP contribution in [0.25, 0.3) is 0 Å². The fourth-order valence-electron chi connectivity index (χ4n) is 1.53. The molecule has 0 aliphatic heterocycles. The summed E-state index contributed by atoms with van der Waals surface area (Å²) in [4.78, 5) is 8.36. The van der Waals surface area contributed by atoms with E-state index in [1.54, 1.807) is 19.1 Å². The van der Waals surface area contributed by atoms with Gasteiger partial charge in [0.15, 0.2) is 0 Å². The van der Waals surface area contributed by atoms with Crippen molar-refractivity contribution >= 4 is 5.82 Å². The lowest BCUT2D eigenvalue weighted by Crippen LogP contribution is -2.03. The van der Waals surface area contributed by atoms with Gasteiger partial charge in [0.25, 0.3) is 0 Å². The fourth-order valence-corrected chi connectivity index (χ4v) is 1.53. The van der Waals surface area contributed by atoms with E-state index in [9.17, 15) is 4.39 Å². The van der Waals surface area contributed by atoms with Crippen molar-refractivity contribution < 1.29 is 9.13 Å². The molecule has 0 bridgehead atoms. The average Bonchev–Trinajstić information content (AvgIpc) is 2.33. The third-order valence-corrected chi connectivity index (χ3v) is 2.62. The maximum Gasteiger partial charge on any atom is 0.224 e. The molecule has 19 heavy (non-hydrogen) atoms. The van der Waals surface area contributed by atoms with Crippen LogP contribution in [0.3, 0.4) is 0 Å². The summed E-state index contributed by atoms with van der Waals surface area (Å²) in [6, 6.07) is 6.18. The lowest BCUT2D eigenvalue weighted by Gasteiger charge is -2.09. The van der Waals surface area contributed by atoms with Crippen LogP contribution in [0, 0.1) is 12.7 Å². The molecule has 100 valence electrons. The molecule has 2 N–H and O–H groups in total. The second-order valence-electron chi connectivity index (χ2n) is 4.66.